The number of thiophene rings is 1. The second-order valence-electron chi connectivity index (χ2n) is 5.79. The van der Waals surface area contributed by atoms with Crippen LogP contribution in [0.15, 0.2) is 29.6 Å². The van der Waals surface area contributed by atoms with E-state index in [1.54, 1.807) is 32.6 Å². The predicted molar refractivity (Wildman–Crippen MR) is 105 cm³/mol. The molecule has 0 aliphatic rings. The van der Waals surface area contributed by atoms with Crippen molar-refractivity contribution in [3.63, 3.8) is 0 Å². The van der Waals surface area contributed by atoms with E-state index in [0.717, 1.165) is 5.56 Å². The zero-order valence-corrected chi connectivity index (χ0v) is 16.7. The zero-order chi connectivity index (χ0) is 19.8. The molecule has 0 aliphatic heterocycles. The van der Waals surface area contributed by atoms with E-state index < -0.39 is 5.97 Å². The molecule has 0 spiro atoms. The normalized spacial score (nSPS) is 10.6. The van der Waals surface area contributed by atoms with E-state index in [4.69, 9.17) is 14.2 Å². The fourth-order valence-electron chi connectivity index (χ4n) is 2.53. The first-order valence-electron chi connectivity index (χ1n) is 8.42. The van der Waals surface area contributed by atoms with Gasteiger partial charge < -0.3 is 19.5 Å². The molecule has 0 unspecified atom stereocenters. The number of methoxy groups -OCH3 is 2. The number of rotatable bonds is 9. The number of hydrogen-bond donors (Lipinski definition) is 1. The van der Waals surface area contributed by atoms with Gasteiger partial charge in [0.15, 0.2) is 11.5 Å². The summed E-state index contributed by atoms with van der Waals surface area (Å²) in [6.45, 7) is 2.76. The lowest BCUT2D eigenvalue weighted by Gasteiger charge is -2.17. The molecule has 1 aromatic heterocycles. The molecule has 0 saturated heterocycles. The van der Waals surface area contributed by atoms with Gasteiger partial charge in [0.2, 0.25) is 5.91 Å². The summed E-state index contributed by atoms with van der Waals surface area (Å²) < 4.78 is 15.5. The molecule has 1 aromatic carbocycles. The minimum atomic E-state index is -0.437. The minimum absolute atomic E-state index is 0.175. The van der Waals surface area contributed by atoms with Crippen molar-refractivity contribution < 1.29 is 23.8 Å². The fraction of sp³-hybridized carbons (Fsp3) is 0.368. The zero-order valence-electron chi connectivity index (χ0n) is 15.9. The summed E-state index contributed by atoms with van der Waals surface area (Å²) in [7, 11) is 5.01. The number of nitrogens with zero attached hydrogens (tertiary/aromatic N) is 1. The van der Waals surface area contributed by atoms with E-state index in [9.17, 15) is 9.59 Å². The number of esters is 1. The van der Waals surface area contributed by atoms with Gasteiger partial charge in [-0.1, -0.05) is 6.07 Å². The highest BCUT2D eigenvalue weighted by Gasteiger charge is 2.17. The number of carbonyl (C=O) groups is 2. The highest BCUT2D eigenvalue weighted by molar-refractivity contribution is 7.14. The molecule has 7 nitrogen and oxygen atoms in total. The third-order valence-electron chi connectivity index (χ3n) is 3.73. The molecule has 1 amide bonds. The maximum Gasteiger partial charge on any atom is 0.341 e. The lowest BCUT2D eigenvalue weighted by molar-refractivity contribution is -0.117. The predicted octanol–water partition coefficient (Wildman–Crippen LogP) is 3.01. The molecule has 0 saturated carbocycles. The van der Waals surface area contributed by atoms with E-state index in [0.29, 0.717) is 28.6 Å². The molecule has 146 valence electrons. The Labute approximate surface area is 162 Å². The Bertz CT molecular complexity index is 790. The van der Waals surface area contributed by atoms with E-state index in [1.165, 1.54) is 11.3 Å². The van der Waals surface area contributed by atoms with Crippen LogP contribution in [0.4, 0.5) is 5.00 Å². The van der Waals surface area contributed by atoms with Crippen LogP contribution in [0.3, 0.4) is 0 Å². The molecule has 1 N–H and O–H groups in total. The topological polar surface area (TPSA) is 77.1 Å². The number of ether oxygens (including phenoxy) is 3. The third-order valence-corrected chi connectivity index (χ3v) is 4.56. The van der Waals surface area contributed by atoms with E-state index in [-0.39, 0.29) is 19.1 Å². The van der Waals surface area contributed by atoms with Crippen LogP contribution in [0.25, 0.3) is 0 Å². The number of hydrogen-bond acceptors (Lipinski definition) is 7. The van der Waals surface area contributed by atoms with Crippen LogP contribution in [-0.4, -0.2) is 51.2 Å². The summed E-state index contributed by atoms with van der Waals surface area (Å²) in [5.41, 5.74) is 1.36. The summed E-state index contributed by atoms with van der Waals surface area (Å²) in [6, 6.07) is 7.28. The van der Waals surface area contributed by atoms with Crippen molar-refractivity contribution in [2.45, 2.75) is 13.5 Å². The number of nitrogens with one attached hydrogen (secondary N) is 1. The molecule has 0 radical (unpaired) electrons. The maximum atomic E-state index is 12.3. The van der Waals surface area contributed by atoms with Crippen molar-refractivity contribution in [3.8, 4) is 11.5 Å². The Morgan fingerprint density at radius 2 is 1.89 bits per heavy atom. The number of amides is 1. The average molecular weight is 392 g/mol. The molecule has 0 atom stereocenters. The van der Waals surface area contributed by atoms with Crippen molar-refractivity contribution in [3.05, 3.63) is 40.8 Å². The molecule has 0 aliphatic carbocycles. The van der Waals surface area contributed by atoms with Crippen LogP contribution in [0.2, 0.25) is 0 Å². The van der Waals surface area contributed by atoms with Crippen LogP contribution in [0.1, 0.15) is 22.8 Å². The lowest BCUT2D eigenvalue weighted by Crippen LogP contribution is -2.30. The van der Waals surface area contributed by atoms with Gasteiger partial charge in [0.1, 0.15) is 5.00 Å². The number of carbonyl (C=O) groups excluding carboxylic acids is 2. The summed E-state index contributed by atoms with van der Waals surface area (Å²) in [5, 5.41) is 5.02. The Morgan fingerprint density at radius 3 is 2.56 bits per heavy atom. The molecule has 0 bridgehead atoms. The van der Waals surface area contributed by atoms with Crippen LogP contribution < -0.4 is 14.8 Å². The number of anilines is 1. The molecule has 2 rings (SSSR count). The Balaban J connectivity index is 1.95. The van der Waals surface area contributed by atoms with Crippen LogP contribution >= 0.6 is 11.3 Å². The van der Waals surface area contributed by atoms with Crippen LogP contribution in [0, 0.1) is 0 Å². The quantitative estimate of drug-likeness (QED) is 0.661. The van der Waals surface area contributed by atoms with Gasteiger partial charge in [-0.25, -0.2) is 4.79 Å². The van der Waals surface area contributed by atoms with Crippen molar-refractivity contribution in [2.75, 3.05) is 39.7 Å². The number of likely N-dealkylation sites (N-methyl/N-ethyl adjacent to an activating group) is 1. The minimum Gasteiger partial charge on any atom is -0.493 e. The van der Waals surface area contributed by atoms with Gasteiger partial charge in [0.05, 0.1) is 32.9 Å². The van der Waals surface area contributed by atoms with Crippen molar-refractivity contribution in [1.29, 1.82) is 0 Å². The Hall–Kier alpha value is -2.58. The first kappa shape index (κ1) is 20.7. The van der Waals surface area contributed by atoms with E-state index >= 15 is 0 Å². The van der Waals surface area contributed by atoms with Crippen molar-refractivity contribution in [1.82, 2.24) is 4.90 Å². The first-order chi connectivity index (χ1) is 13.0. The maximum absolute atomic E-state index is 12.3. The van der Waals surface area contributed by atoms with Gasteiger partial charge in [0, 0.05) is 6.54 Å². The van der Waals surface area contributed by atoms with Gasteiger partial charge in [0.25, 0.3) is 0 Å². The van der Waals surface area contributed by atoms with E-state index in [2.05, 4.69) is 5.32 Å². The van der Waals surface area contributed by atoms with Crippen molar-refractivity contribution in [2.24, 2.45) is 0 Å². The second kappa shape index (κ2) is 9.94. The van der Waals surface area contributed by atoms with Gasteiger partial charge >= 0.3 is 5.97 Å². The summed E-state index contributed by atoms with van der Waals surface area (Å²) in [5.74, 6) is 0.662. The fourth-order valence-corrected chi connectivity index (χ4v) is 3.32. The van der Waals surface area contributed by atoms with Gasteiger partial charge in [-0.3, -0.25) is 9.69 Å². The van der Waals surface area contributed by atoms with Crippen LogP contribution in [0.5, 0.6) is 11.5 Å². The van der Waals surface area contributed by atoms with E-state index in [1.807, 2.05) is 30.1 Å². The molecular formula is C19H24N2O5S. The summed E-state index contributed by atoms with van der Waals surface area (Å²) in [6.07, 6.45) is 0. The Kier molecular flexibility index (Phi) is 7.63. The third kappa shape index (κ3) is 5.70. The molecule has 8 heteroatoms. The highest BCUT2D eigenvalue weighted by atomic mass is 32.1. The average Bonchev–Trinajstić information content (AvgIpc) is 3.09. The van der Waals surface area contributed by atoms with Gasteiger partial charge in [-0.2, -0.15) is 0 Å². The van der Waals surface area contributed by atoms with Gasteiger partial charge in [-0.05, 0) is 43.1 Å². The molecule has 1 heterocycles. The van der Waals surface area contributed by atoms with Gasteiger partial charge in [-0.15, -0.1) is 11.3 Å². The number of benzene rings is 1. The lowest BCUT2D eigenvalue weighted by atomic mass is 10.2. The smallest absolute Gasteiger partial charge is 0.341 e. The molecule has 0 fully saturated rings. The van der Waals surface area contributed by atoms with Crippen LogP contribution in [-0.2, 0) is 16.1 Å². The summed E-state index contributed by atoms with van der Waals surface area (Å²) >= 11 is 1.29. The monoisotopic (exact) mass is 392 g/mol. The standard InChI is InChI=1S/C19H24N2O5S/c1-5-26-19(23)14-8-9-27-18(14)20-17(22)12-21(2)11-13-6-7-15(24-3)16(10-13)25-4/h6-10H,5,11-12H2,1-4H3,(H,20,22). The Morgan fingerprint density at radius 1 is 1.15 bits per heavy atom. The van der Waals surface area contributed by atoms with Crippen molar-refractivity contribution >= 4 is 28.2 Å². The molecule has 2 aromatic rings. The largest absolute Gasteiger partial charge is 0.493 e. The highest BCUT2D eigenvalue weighted by Crippen LogP contribution is 2.28. The molecular weight excluding hydrogens is 368 g/mol. The SMILES string of the molecule is CCOC(=O)c1ccsc1NC(=O)CN(C)Cc1ccc(OC)c(OC)c1. The summed E-state index contributed by atoms with van der Waals surface area (Å²) in [4.78, 5) is 26.1. The first-order valence-corrected chi connectivity index (χ1v) is 9.30. The molecule has 27 heavy (non-hydrogen) atoms. The second-order valence-corrected chi connectivity index (χ2v) is 6.71.